The molecule has 0 aliphatic carbocycles. The fraction of sp³-hybridized carbons (Fsp3) is 0.571. The highest BCUT2D eigenvalue weighted by molar-refractivity contribution is 7.81. The van der Waals surface area contributed by atoms with Crippen molar-refractivity contribution in [1.29, 1.82) is 0 Å². The standard InChI is InChI=1S/C14H20N4OS/c1-16-4-6-17(7-5-16)11-2-3-13(15-9-11)18-10-12(20)8-14(18)19/h2-3,9,12,20H,4-8,10H2,1H3. The van der Waals surface area contributed by atoms with Crippen LogP contribution in [0, 0.1) is 0 Å². The van der Waals surface area contributed by atoms with Crippen molar-refractivity contribution in [2.45, 2.75) is 11.7 Å². The van der Waals surface area contributed by atoms with E-state index >= 15 is 0 Å². The van der Waals surface area contributed by atoms with E-state index in [1.165, 1.54) is 0 Å². The summed E-state index contributed by atoms with van der Waals surface area (Å²) in [6.07, 6.45) is 2.38. The largest absolute Gasteiger partial charge is 0.368 e. The topological polar surface area (TPSA) is 39.7 Å². The molecule has 2 fully saturated rings. The normalized spacial score (nSPS) is 24.5. The van der Waals surface area contributed by atoms with Gasteiger partial charge in [-0.05, 0) is 19.2 Å². The second kappa shape index (κ2) is 5.61. The van der Waals surface area contributed by atoms with Gasteiger partial charge in [0.1, 0.15) is 5.82 Å². The maximum Gasteiger partial charge on any atom is 0.229 e. The molecule has 108 valence electrons. The number of nitrogens with zero attached hydrogens (tertiary/aromatic N) is 4. The molecule has 1 aromatic heterocycles. The molecule has 0 radical (unpaired) electrons. The van der Waals surface area contributed by atoms with Crippen LogP contribution in [-0.4, -0.2) is 60.8 Å². The number of thiol groups is 1. The van der Waals surface area contributed by atoms with Gasteiger partial charge in [-0.25, -0.2) is 4.98 Å². The van der Waals surface area contributed by atoms with Gasteiger partial charge in [-0.3, -0.25) is 9.69 Å². The second-order valence-electron chi connectivity index (χ2n) is 5.53. The smallest absolute Gasteiger partial charge is 0.229 e. The Labute approximate surface area is 125 Å². The third-order valence-corrected chi connectivity index (χ3v) is 4.33. The van der Waals surface area contributed by atoms with Crippen molar-refractivity contribution in [2.24, 2.45) is 0 Å². The summed E-state index contributed by atoms with van der Waals surface area (Å²) in [5, 5.41) is 0.126. The van der Waals surface area contributed by atoms with Gasteiger partial charge in [0.25, 0.3) is 0 Å². The van der Waals surface area contributed by atoms with Crippen molar-refractivity contribution >= 4 is 30.0 Å². The molecule has 3 heterocycles. The third-order valence-electron chi connectivity index (χ3n) is 3.98. The molecule has 1 atom stereocenters. The average Bonchev–Trinajstić information content (AvgIpc) is 2.79. The molecular weight excluding hydrogens is 272 g/mol. The van der Waals surface area contributed by atoms with E-state index < -0.39 is 0 Å². The number of amides is 1. The Morgan fingerprint density at radius 2 is 2.00 bits per heavy atom. The highest BCUT2D eigenvalue weighted by atomic mass is 32.1. The van der Waals surface area contributed by atoms with Gasteiger partial charge in [0.2, 0.25) is 5.91 Å². The second-order valence-corrected chi connectivity index (χ2v) is 6.26. The predicted octanol–water partition coefficient (Wildman–Crippen LogP) is 0.868. The number of rotatable bonds is 2. The fourth-order valence-corrected chi connectivity index (χ4v) is 3.02. The van der Waals surface area contributed by atoms with Gasteiger partial charge in [0.05, 0.1) is 11.9 Å². The van der Waals surface area contributed by atoms with Crippen LogP contribution in [0.3, 0.4) is 0 Å². The van der Waals surface area contributed by atoms with Crippen LogP contribution in [0.2, 0.25) is 0 Å². The van der Waals surface area contributed by atoms with Crippen LogP contribution >= 0.6 is 12.6 Å². The van der Waals surface area contributed by atoms with E-state index in [0.717, 1.165) is 37.7 Å². The van der Waals surface area contributed by atoms with E-state index in [9.17, 15) is 4.79 Å². The predicted molar refractivity (Wildman–Crippen MR) is 83.7 cm³/mol. The summed E-state index contributed by atoms with van der Waals surface area (Å²) in [5.74, 6) is 0.856. The zero-order chi connectivity index (χ0) is 14.1. The van der Waals surface area contributed by atoms with Gasteiger partial charge in [-0.15, -0.1) is 0 Å². The highest BCUT2D eigenvalue weighted by Gasteiger charge is 2.29. The van der Waals surface area contributed by atoms with E-state index in [0.29, 0.717) is 13.0 Å². The van der Waals surface area contributed by atoms with Gasteiger partial charge >= 0.3 is 0 Å². The lowest BCUT2D eigenvalue weighted by Crippen LogP contribution is -2.44. The van der Waals surface area contributed by atoms with Crippen LogP contribution < -0.4 is 9.80 Å². The first-order chi connectivity index (χ1) is 9.63. The lowest BCUT2D eigenvalue weighted by molar-refractivity contribution is -0.117. The van der Waals surface area contributed by atoms with Crippen LogP contribution in [0.25, 0.3) is 0 Å². The first kappa shape index (κ1) is 13.7. The number of carbonyl (C=O) groups excluding carboxylic acids is 1. The van der Waals surface area contributed by atoms with Gasteiger partial charge in [0.15, 0.2) is 0 Å². The van der Waals surface area contributed by atoms with Crippen molar-refractivity contribution in [3.63, 3.8) is 0 Å². The minimum absolute atomic E-state index is 0.116. The Morgan fingerprint density at radius 3 is 2.55 bits per heavy atom. The summed E-state index contributed by atoms with van der Waals surface area (Å²) in [6.45, 7) is 4.86. The summed E-state index contributed by atoms with van der Waals surface area (Å²) in [4.78, 5) is 22.7. The molecule has 2 saturated heterocycles. The number of hydrogen-bond donors (Lipinski definition) is 1. The van der Waals surface area contributed by atoms with E-state index in [2.05, 4.69) is 40.5 Å². The fourth-order valence-electron chi connectivity index (χ4n) is 2.70. The van der Waals surface area contributed by atoms with Crippen LogP contribution in [-0.2, 0) is 4.79 Å². The minimum Gasteiger partial charge on any atom is -0.368 e. The van der Waals surface area contributed by atoms with E-state index in [1.54, 1.807) is 4.90 Å². The maximum atomic E-state index is 11.8. The van der Waals surface area contributed by atoms with Gasteiger partial charge in [-0.1, -0.05) is 0 Å². The molecule has 0 aromatic carbocycles. The molecule has 20 heavy (non-hydrogen) atoms. The molecule has 0 bridgehead atoms. The Balaban J connectivity index is 1.70. The molecule has 0 saturated carbocycles. The number of carbonyl (C=O) groups is 1. The van der Waals surface area contributed by atoms with Crippen LogP contribution in [0.1, 0.15) is 6.42 Å². The summed E-state index contributed by atoms with van der Waals surface area (Å²) in [5.41, 5.74) is 1.14. The molecule has 6 heteroatoms. The van der Waals surface area contributed by atoms with E-state index in [-0.39, 0.29) is 11.2 Å². The van der Waals surface area contributed by atoms with Gasteiger partial charge < -0.3 is 9.80 Å². The summed E-state index contributed by atoms with van der Waals surface area (Å²) in [7, 11) is 2.14. The highest BCUT2D eigenvalue weighted by Crippen LogP contribution is 2.24. The van der Waals surface area contributed by atoms with E-state index in [4.69, 9.17) is 0 Å². The van der Waals surface area contributed by atoms with Crippen molar-refractivity contribution < 1.29 is 4.79 Å². The number of anilines is 2. The number of pyridine rings is 1. The van der Waals surface area contributed by atoms with Gasteiger partial charge in [0, 0.05) is 44.4 Å². The molecule has 3 rings (SSSR count). The Bertz CT molecular complexity index is 484. The Hall–Kier alpha value is -1.27. The average molecular weight is 292 g/mol. The van der Waals surface area contributed by atoms with Crippen molar-refractivity contribution in [2.75, 3.05) is 49.6 Å². The minimum atomic E-state index is 0.116. The van der Waals surface area contributed by atoms with Crippen molar-refractivity contribution in [3.8, 4) is 0 Å². The lowest BCUT2D eigenvalue weighted by Gasteiger charge is -2.33. The Morgan fingerprint density at radius 1 is 1.25 bits per heavy atom. The molecule has 5 nitrogen and oxygen atoms in total. The number of hydrogen-bond acceptors (Lipinski definition) is 5. The van der Waals surface area contributed by atoms with Crippen LogP contribution in [0.4, 0.5) is 11.5 Å². The lowest BCUT2D eigenvalue weighted by atomic mass is 10.3. The van der Waals surface area contributed by atoms with Crippen LogP contribution in [0.5, 0.6) is 0 Å². The first-order valence-electron chi connectivity index (χ1n) is 7.01. The summed E-state index contributed by atoms with van der Waals surface area (Å²) >= 11 is 4.37. The van der Waals surface area contributed by atoms with Crippen molar-refractivity contribution in [3.05, 3.63) is 18.3 Å². The number of piperazine rings is 1. The molecule has 1 amide bonds. The zero-order valence-corrected chi connectivity index (χ0v) is 12.6. The molecule has 1 unspecified atom stereocenters. The SMILES string of the molecule is CN1CCN(c2ccc(N3CC(S)CC3=O)nc2)CC1. The quantitative estimate of drug-likeness (QED) is 0.821. The van der Waals surface area contributed by atoms with Crippen molar-refractivity contribution in [1.82, 2.24) is 9.88 Å². The number of likely N-dealkylation sites (N-methyl/N-ethyl adjacent to an activating group) is 1. The zero-order valence-electron chi connectivity index (χ0n) is 11.7. The monoisotopic (exact) mass is 292 g/mol. The summed E-state index contributed by atoms with van der Waals surface area (Å²) < 4.78 is 0. The first-order valence-corrected chi connectivity index (χ1v) is 7.53. The Kier molecular flexibility index (Phi) is 3.85. The third kappa shape index (κ3) is 2.76. The van der Waals surface area contributed by atoms with Crippen LogP contribution in [0.15, 0.2) is 18.3 Å². The molecular formula is C14H20N4OS. The molecule has 2 aliphatic rings. The molecule has 1 aromatic rings. The maximum absolute atomic E-state index is 11.8. The molecule has 0 N–H and O–H groups in total. The summed E-state index contributed by atoms with van der Waals surface area (Å²) in [6, 6.07) is 4.00. The number of aromatic nitrogens is 1. The van der Waals surface area contributed by atoms with E-state index in [1.807, 2.05) is 12.3 Å². The molecule has 2 aliphatic heterocycles. The molecule has 0 spiro atoms. The van der Waals surface area contributed by atoms with Gasteiger partial charge in [-0.2, -0.15) is 12.6 Å².